The van der Waals surface area contributed by atoms with E-state index in [0.717, 1.165) is 17.7 Å². The summed E-state index contributed by atoms with van der Waals surface area (Å²) >= 11 is 0. The quantitative estimate of drug-likeness (QED) is 0.422. The molecule has 0 saturated heterocycles. The van der Waals surface area contributed by atoms with Gasteiger partial charge in [0.15, 0.2) is 0 Å². The highest BCUT2D eigenvalue weighted by Gasteiger charge is 2.22. The summed E-state index contributed by atoms with van der Waals surface area (Å²) in [6, 6.07) is 21.0. The molecule has 3 rings (SSSR count). The fourth-order valence-corrected chi connectivity index (χ4v) is 3.57. The summed E-state index contributed by atoms with van der Waals surface area (Å²) in [4.78, 5) is 29.6. The van der Waals surface area contributed by atoms with E-state index in [-0.39, 0.29) is 18.5 Å². The fourth-order valence-electron chi connectivity index (χ4n) is 3.57. The molecular formula is C27H33N3O3. The number of rotatable bonds is 10. The molecule has 0 unspecified atom stereocenters. The van der Waals surface area contributed by atoms with Crippen LogP contribution in [0.5, 0.6) is 0 Å². The van der Waals surface area contributed by atoms with Crippen LogP contribution in [0, 0.1) is 0 Å². The van der Waals surface area contributed by atoms with E-state index in [2.05, 4.69) is 19.2 Å². The van der Waals surface area contributed by atoms with Crippen LogP contribution in [-0.4, -0.2) is 34.8 Å². The lowest BCUT2D eigenvalue weighted by Crippen LogP contribution is -2.44. The zero-order valence-corrected chi connectivity index (χ0v) is 19.7. The smallest absolute Gasteiger partial charge is 0.322 e. The van der Waals surface area contributed by atoms with Crippen LogP contribution in [0.3, 0.4) is 0 Å². The average Bonchev–Trinajstić information content (AvgIpc) is 3.32. The van der Waals surface area contributed by atoms with Crippen molar-refractivity contribution in [3.63, 3.8) is 0 Å². The number of anilines is 1. The number of nitrogens with one attached hydrogen (secondary N) is 1. The first-order valence-corrected chi connectivity index (χ1v) is 11.5. The molecule has 1 aromatic heterocycles. The van der Waals surface area contributed by atoms with Crippen LogP contribution >= 0.6 is 0 Å². The number of carbonyl (C=O) groups is 2. The Bertz CT molecular complexity index is 999. The first-order valence-electron chi connectivity index (χ1n) is 11.5. The van der Waals surface area contributed by atoms with Crippen LogP contribution in [0.1, 0.15) is 50.0 Å². The summed E-state index contributed by atoms with van der Waals surface area (Å²) in [7, 11) is 0. The molecule has 6 nitrogen and oxygen atoms in total. The van der Waals surface area contributed by atoms with Crippen molar-refractivity contribution in [2.75, 3.05) is 18.4 Å². The first-order chi connectivity index (χ1) is 16.0. The monoisotopic (exact) mass is 447 g/mol. The van der Waals surface area contributed by atoms with Crippen molar-refractivity contribution in [3.05, 3.63) is 89.9 Å². The maximum atomic E-state index is 13.3. The Labute approximate surface area is 196 Å². The van der Waals surface area contributed by atoms with Crippen LogP contribution in [-0.2, 0) is 17.9 Å². The van der Waals surface area contributed by atoms with Gasteiger partial charge in [-0.2, -0.15) is 0 Å². The lowest BCUT2D eigenvalue weighted by Gasteiger charge is -2.27. The largest absolute Gasteiger partial charge is 0.467 e. The molecule has 0 bridgehead atoms. The van der Waals surface area contributed by atoms with E-state index < -0.39 is 0 Å². The van der Waals surface area contributed by atoms with E-state index in [0.29, 0.717) is 31.3 Å². The summed E-state index contributed by atoms with van der Waals surface area (Å²) in [6.45, 7) is 7.53. The molecule has 0 aliphatic carbocycles. The van der Waals surface area contributed by atoms with E-state index in [4.69, 9.17) is 4.42 Å². The highest BCUT2D eigenvalue weighted by atomic mass is 16.3. The normalized spacial score (nSPS) is 10.8. The molecule has 0 atom stereocenters. The zero-order valence-electron chi connectivity index (χ0n) is 19.7. The second-order valence-electron chi connectivity index (χ2n) is 8.44. The molecule has 0 spiro atoms. The van der Waals surface area contributed by atoms with Crippen LogP contribution in [0.4, 0.5) is 10.5 Å². The molecule has 0 aliphatic heterocycles. The molecule has 0 saturated carbocycles. The number of hydrogen-bond acceptors (Lipinski definition) is 3. The predicted molar refractivity (Wildman–Crippen MR) is 131 cm³/mol. The van der Waals surface area contributed by atoms with Crippen LogP contribution < -0.4 is 5.32 Å². The van der Waals surface area contributed by atoms with Gasteiger partial charge in [0.05, 0.1) is 12.8 Å². The highest BCUT2D eigenvalue weighted by molar-refractivity contribution is 5.92. The van der Waals surface area contributed by atoms with Crippen LogP contribution in [0.25, 0.3) is 0 Å². The Morgan fingerprint density at radius 3 is 2.24 bits per heavy atom. The lowest BCUT2D eigenvalue weighted by molar-refractivity contribution is -0.133. The summed E-state index contributed by atoms with van der Waals surface area (Å²) in [6.07, 6.45) is 2.35. The molecule has 0 aliphatic rings. The topological polar surface area (TPSA) is 65.8 Å². The molecule has 3 amide bonds. The van der Waals surface area contributed by atoms with Crippen molar-refractivity contribution in [2.24, 2.45) is 0 Å². The van der Waals surface area contributed by atoms with Gasteiger partial charge < -0.3 is 19.5 Å². The molecule has 0 radical (unpaired) electrons. The van der Waals surface area contributed by atoms with Gasteiger partial charge in [0.2, 0.25) is 5.91 Å². The molecule has 6 heteroatoms. The lowest BCUT2D eigenvalue weighted by atomic mass is 10.0. The number of carbonyl (C=O) groups excluding carboxylic acids is 2. The van der Waals surface area contributed by atoms with Gasteiger partial charge in [-0.1, -0.05) is 63.2 Å². The van der Waals surface area contributed by atoms with Crippen molar-refractivity contribution in [1.29, 1.82) is 0 Å². The first kappa shape index (κ1) is 24.1. The molecule has 0 fully saturated rings. The molecular weight excluding hydrogens is 414 g/mol. The number of amides is 3. The standard InChI is InChI=1S/C27H33N3O3/c1-4-16-29(27(32)28-24-14-12-23(13-15-24)21(2)3)20-26(31)30(19-25-11-8-17-33-25)18-22-9-6-5-7-10-22/h5-15,17,21H,4,16,18-20H2,1-3H3,(H,28,32). The third kappa shape index (κ3) is 7.24. The number of hydrogen-bond donors (Lipinski definition) is 1. The third-order valence-electron chi connectivity index (χ3n) is 5.43. The molecule has 3 aromatic rings. The van der Waals surface area contributed by atoms with Crippen LogP contribution in [0.15, 0.2) is 77.4 Å². The third-order valence-corrected chi connectivity index (χ3v) is 5.43. The summed E-state index contributed by atoms with van der Waals surface area (Å²) in [5.41, 5.74) is 2.95. The van der Waals surface area contributed by atoms with Crippen LogP contribution in [0.2, 0.25) is 0 Å². The minimum absolute atomic E-state index is 0.00269. The number of urea groups is 1. The van der Waals surface area contributed by atoms with Gasteiger partial charge in [-0.15, -0.1) is 0 Å². The Balaban J connectivity index is 1.70. The average molecular weight is 448 g/mol. The number of benzene rings is 2. The van der Waals surface area contributed by atoms with E-state index in [1.165, 1.54) is 5.56 Å². The summed E-state index contributed by atoms with van der Waals surface area (Å²) in [5.74, 6) is 0.999. The van der Waals surface area contributed by atoms with Gasteiger partial charge in [0, 0.05) is 18.8 Å². The Morgan fingerprint density at radius 2 is 1.64 bits per heavy atom. The zero-order chi connectivity index (χ0) is 23.6. The molecule has 33 heavy (non-hydrogen) atoms. The van der Waals surface area contributed by atoms with Crippen molar-refractivity contribution in [3.8, 4) is 0 Å². The Kier molecular flexibility index (Phi) is 8.70. The van der Waals surface area contributed by atoms with Crippen molar-refractivity contribution >= 4 is 17.6 Å². The summed E-state index contributed by atoms with van der Waals surface area (Å²) < 4.78 is 5.47. The number of nitrogens with zero attached hydrogens (tertiary/aromatic N) is 2. The molecule has 1 N–H and O–H groups in total. The van der Waals surface area contributed by atoms with Gasteiger partial charge >= 0.3 is 6.03 Å². The van der Waals surface area contributed by atoms with E-state index in [9.17, 15) is 9.59 Å². The maximum Gasteiger partial charge on any atom is 0.322 e. The van der Waals surface area contributed by atoms with Gasteiger partial charge in [0.1, 0.15) is 12.3 Å². The fraction of sp³-hybridized carbons (Fsp3) is 0.333. The maximum absolute atomic E-state index is 13.3. The minimum atomic E-state index is -0.278. The molecule has 1 heterocycles. The molecule has 174 valence electrons. The van der Waals surface area contributed by atoms with Crippen molar-refractivity contribution in [2.45, 2.75) is 46.2 Å². The van der Waals surface area contributed by atoms with Gasteiger partial charge in [-0.3, -0.25) is 4.79 Å². The summed E-state index contributed by atoms with van der Waals surface area (Å²) in [5, 5.41) is 2.93. The van der Waals surface area contributed by atoms with E-state index >= 15 is 0 Å². The molecule has 2 aromatic carbocycles. The Hall–Kier alpha value is -3.54. The van der Waals surface area contributed by atoms with Gasteiger partial charge in [-0.05, 0) is 47.7 Å². The number of furan rings is 1. The highest BCUT2D eigenvalue weighted by Crippen LogP contribution is 2.18. The predicted octanol–water partition coefficient (Wildman–Crippen LogP) is 5.88. The van der Waals surface area contributed by atoms with E-state index in [1.54, 1.807) is 16.1 Å². The second kappa shape index (κ2) is 11.9. The SMILES string of the molecule is CCCN(CC(=O)N(Cc1ccccc1)Cc1ccco1)C(=O)Nc1ccc(C(C)C)cc1. The van der Waals surface area contributed by atoms with Gasteiger partial charge in [0.25, 0.3) is 0 Å². The second-order valence-corrected chi connectivity index (χ2v) is 8.44. The Morgan fingerprint density at radius 1 is 0.909 bits per heavy atom. The van der Waals surface area contributed by atoms with E-state index in [1.807, 2.05) is 73.7 Å². The van der Waals surface area contributed by atoms with Gasteiger partial charge in [-0.25, -0.2) is 4.79 Å². The van der Waals surface area contributed by atoms with Crippen molar-refractivity contribution < 1.29 is 14.0 Å². The minimum Gasteiger partial charge on any atom is -0.467 e. The van der Waals surface area contributed by atoms with Crippen molar-refractivity contribution in [1.82, 2.24) is 9.80 Å².